The molecule has 0 saturated heterocycles. The number of hydrogen-bond donors (Lipinski definition) is 3. The van der Waals surface area contributed by atoms with E-state index in [0.29, 0.717) is 37.6 Å². The number of nitrogens with one attached hydrogen (secondary N) is 1. The first-order valence-corrected chi connectivity index (χ1v) is 8.03. The third-order valence-corrected chi connectivity index (χ3v) is 4.40. The second kappa shape index (κ2) is 7.78. The molecule has 0 aromatic carbocycles. The van der Waals surface area contributed by atoms with Crippen molar-refractivity contribution in [3.05, 3.63) is 0 Å². The second-order valence-corrected chi connectivity index (χ2v) is 7.07. The van der Waals surface area contributed by atoms with Crippen molar-refractivity contribution in [3.63, 3.8) is 0 Å². The zero-order valence-corrected chi connectivity index (χ0v) is 13.5. The topological polar surface area (TPSA) is 92.4 Å². The van der Waals surface area contributed by atoms with E-state index < -0.39 is 11.5 Å². The quantitative estimate of drug-likeness (QED) is 0.671. The Labute approximate surface area is 127 Å². The zero-order valence-electron chi connectivity index (χ0n) is 13.5. The van der Waals surface area contributed by atoms with Gasteiger partial charge in [-0.1, -0.05) is 33.6 Å². The molecular formula is C16H30N2O3. The summed E-state index contributed by atoms with van der Waals surface area (Å²) in [6.45, 7) is 6.71. The Bertz CT molecular complexity index is 371. The zero-order chi connectivity index (χ0) is 16.0. The van der Waals surface area contributed by atoms with Gasteiger partial charge in [0.05, 0.1) is 0 Å². The van der Waals surface area contributed by atoms with Gasteiger partial charge in [0.2, 0.25) is 5.91 Å². The van der Waals surface area contributed by atoms with E-state index in [2.05, 4.69) is 19.2 Å². The van der Waals surface area contributed by atoms with Gasteiger partial charge in [-0.2, -0.15) is 0 Å². The number of nitrogens with two attached hydrogens (primary N) is 1. The summed E-state index contributed by atoms with van der Waals surface area (Å²) in [6, 6.07) is 0. The number of rotatable bonds is 7. The first kappa shape index (κ1) is 18.0. The highest BCUT2D eigenvalue weighted by atomic mass is 16.4. The molecule has 1 amide bonds. The summed E-state index contributed by atoms with van der Waals surface area (Å²) in [6.07, 6.45) is 4.13. The molecule has 4 N–H and O–H groups in total. The fourth-order valence-electron chi connectivity index (χ4n) is 3.42. The SMILES string of the molecule is CC(C)C[C@H](CN)CC(=O)NC1(C(=O)O)CCCC(C)C1. The molecule has 0 aromatic heterocycles. The molecule has 1 aliphatic rings. The van der Waals surface area contributed by atoms with E-state index in [0.717, 1.165) is 19.3 Å². The van der Waals surface area contributed by atoms with Crippen LogP contribution in [0.25, 0.3) is 0 Å². The molecule has 1 aliphatic carbocycles. The van der Waals surface area contributed by atoms with Gasteiger partial charge >= 0.3 is 5.97 Å². The summed E-state index contributed by atoms with van der Waals surface area (Å²) in [5, 5.41) is 12.4. The van der Waals surface area contributed by atoms with Crippen molar-refractivity contribution in [3.8, 4) is 0 Å². The van der Waals surface area contributed by atoms with E-state index in [1.807, 2.05) is 6.92 Å². The maximum Gasteiger partial charge on any atom is 0.329 e. The Morgan fingerprint density at radius 1 is 1.43 bits per heavy atom. The Balaban J connectivity index is 2.66. The summed E-state index contributed by atoms with van der Waals surface area (Å²) < 4.78 is 0. The van der Waals surface area contributed by atoms with Gasteiger partial charge in [-0.3, -0.25) is 4.79 Å². The summed E-state index contributed by atoms with van der Waals surface area (Å²) in [7, 11) is 0. The lowest BCUT2D eigenvalue weighted by Crippen LogP contribution is -2.57. The monoisotopic (exact) mass is 298 g/mol. The number of carboxylic acids is 1. The van der Waals surface area contributed by atoms with Crippen LogP contribution >= 0.6 is 0 Å². The van der Waals surface area contributed by atoms with Crippen LogP contribution in [0, 0.1) is 17.8 Å². The number of hydrogen-bond acceptors (Lipinski definition) is 3. The molecule has 0 aromatic rings. The highest BCUT2D eigenvalue weighted by Gasteiger charge is 2.43. The molecule has 3 atom stereocenters. The minimum absolute atomic E-state index is 0.122. The van der Waals surface area contributed by atoms with Gasteiger partial charge in [-0.25, -0.2) is 4.79 Å². The number of carboxylic acid groups (broad SMARTS) is 1. The standard InChI is InChI=1S/C16H30N2O3/c1-11(2)7-13(10-17)8-14(19)18-16(15(20)21)6-4-5-12(3)9-16/h11-13H,4-10,17H2,1-3H3,(H,18,19)(H,20,21)/t12?,13-,16?/m0/s1. The van der Waals surface area contributed by atoms with Crippen LogP contribution in [-0.4, -0.2) is 29.1 Å². The fraction of sp³-hybridized carbons (Fsp3) is 0.875. The smallest absolute Gasteiger partial charge is 0.329 e. The number of carbonyl (C=O) groups excluding carboxylic acids is 1. The Morgan fingerprint density at radius 3 is 2.57 bits per heavy atom. The maximum atomic E-state index is 12.2. The molecule has 2 unspecified atom stereocenters. The molecule has 1 saturated carbocycles. The minimum Gasteiger partial charge on any atom is -0.480 e. The van der Waals surface area contributed by atoms with Crippen LogP contribution in [0.4, 0.5) is 0 Å². The highest BCUT2D eigenvalue weighted by Crippen LogP contribution is 2.32. The number of carbonyl (C=O) groups is 2. The molecule has 5 nitrogen and oxygen atoms in total. The van der Waals surface area contributed by atoms with E-state index in [4.69, 9.17) is 5.73 Å². The molecule has 0 aliphatic heterocycles. The van der Waals surface area contributed by atoms with Gasteiger partial charge in [0.1, 0.15) is 5.54 Å². The average Bonchev–Trinajstić information content (AvgIpc) is 2.36. The lowest BCUT2D eigenvalue weighted by molar-refractivity contribution is -0.150. The number of amides is 1. The van der Waals surface area contributed by atoms with Gasteiger partial charge in [-0.15, -0.1) is 0 Å². The van der Waals surface area contributed by atoms with Crippen LogP contribution in [0.15, 0.2) is 0 Å². The Kier molecular flexibility index (Phi) is 6.65. The van der Waals surface area contributed by atoms with Crippen LogP contribution < -0.4 is 11.1 Å². The molecule has 0 spiro atoms. The van der Waals surface area contributed by atoms with Gasteiger partial charge in [-0.05, 0) is 43.6 Å². The van der Waals surface area contributed by atoms with E-state index in [1.54, 1.807) is 0 Å². The molecule has 0 radical (unpaired) electrons. The normalized spacial score (nSPS) is 27.4. The number of aliphatic carboxylic acids is 1. The average molecular weight is 298 g/mol. The largest absolute Gasteiger partial charge is 0.480 e. The first-order valence-electron chi connectivity index (χ1n) is 8.03. The third-order valence-electron chi connectivity index (χ3n) is 4.40. The molecule has 1 rings (SSSR count). The fourth-order valence-corrected chi connectivity index (χ4v) is 3.42. The molecule has 5 heteroatoms. The van der Waals surface area contributed by atoms with Crippen LogP contribution in [0.1, 0.15) is 59.3 Å². The lowest BCUT2D eigenvalue weighted by atomic mass is 9.76. The lowest BCUT2D eigenvalue weighted by Gasteiger charge is -2.37. The van der Waals surface area contributed by atoms with E-state index in [9.17, 15) is 14.7 Å². The van der Waals surface area contributed by atoms with E-state index in [-0.39, 0.29) is 11.8 Å². The predicted octanol–water partition coefficient (Wildman–Crippen LogP) is 2.15. The van der Waals surface area contributed by atoms with Gasteiger partial charge < -0.3 is 16.2 Å². The van der Waals surface area contributed by atoms with Crippen molar-refractivity contribution < 1.29 is 14.7 Å². The summed E-state index contributed by atoms with van der Waals surface area (Å²) in [5.74, 6) is -0.152. The molecule has 21 heavy (non-hydrogen) atoms. The summed E-state index contributed by atoms with van der Waals surface area (Å²) in [4.78, 5) is 23.9. The van der Waals surface area contributed by atoms with E-state index in [1.165, 1.54) is 0 Å². The predicted molar refractivity (Wildman–Crippen MR) is 82.8 cm³/mol. The molecule has 122 valence electrons. The van der Waals surface area contributed by atoms with Gasteiger partial charge in [0.25, 0.3) is 0 Å². The van der Waals surface area contributed by atoms with Crippen LogP contribution in [0.5, 0.6) is 0 Å². The molecule has 1 fully saturated rings. The van der Waals surface area contributed by atoms with Crippen LogP contribution in [-0.2, 0) is 9.59 Å². The first-order chi connectivity index (χ1) is 9.79. The van der Waals surface area contributed by atoms with Gasteiger partial charge in [0.15, 0.2) is 0 Å². The molecule has 0 heterocycles. The summed E-state index contributed by atoms with van der Waals surface area (Å²) in [5.41, 5.74) is 4.64. The summed E-state index contributed by atoms with van der Waals surface area (Å²) >= 11 is 0. The van der Waals surface area contributed by atoms with E-state index >= 15 is 0 Å². The third kappa shape index (κ3) is 5.30. The van der Waals surface area contributed by atoms with Crippen molar-refractivity contribution in [1.82, 2.24) is 5.32 Å². The van der Waals surface area contributed by atoms with Crippen molar-refractivity contribution in [1.29, 1.82) is 0 Å². The van der Waals surface area contributed by atoms with Crippen molar-refractivity contribution in [2.45, 2.75) is 64.8 Å². The maximum absolute atomic E-state index is 12.2. The second-order valence-electron chi connectivity index (χ2n) is 7.07. The van der Waals surface area contributed by atoms with Crippen molar-refractivity contribution in [2.24, 2.45) is 23.5 Å². The van der Waals surface area contributed by atoms with Gasteiger partial charge in [0, 0.05) is 6.42 Å². The highest BCUT2D eigenvalue weighted by molar-refractivity contribution is 5.87. The Morgan fingerprint density at radius 2 is 2.10 bits per heavy atom. The van der Waals surface area contributed by atoms with Crippen LogP contribution in [0.2, 0.25) is 0 Å². The minimum atomic E-state index is -1.08. The van der Waals surface area contributed by atoms with Crippen molar-refractivity contribution >= 4 is 11.9 Å². The van der Waals surface area contributed by atoms with Crippen molar-refractivity contribution in [2.75, 3.05) is 6.54 Å². The van der Waals surface area contributed by atoms with Crippen LogP contribution in [0.3, 0.4) is 0 Å². The Hall–Kier alpha value is -1.10. The molecular weight excluding hydrogens is 268 g/mol. The molecule has 0 bridgehead atoms.